The standard InChI is InChI=1S/C9H9ClN4/c10-8-4-11-7-3-12-14(9(7)13-8)5-6-1-2-6/h3-4,6H,1-2,5H2. The summed E-state index contributed by atoms with van der Waals surface area (Å²) in [5.74, 6) is 0.777. The van der Waals surface area contributed by atoms with Gasteiger partial charge in [-0.1, -0.05) is 11.6 Å². The van der Waals surface area contributed by atoms with E-state index < -0.39 is 0 Å². The van der Waals surface area contributed by atoms with Crippen LogP contribution < -0.4 is 0 Å². The molecular weight excluding hydrogens is 200 g/mol. The summed E-state index contributed by atoms with van der Waals surface area (Å²) < 4.78 is 1.89. The molecule has 5 heteroatoms. The highest BCUT2D eigenvalue weighted by Gasteiger charge is 2.23. The Morgan fingerprint density at radius 1 is 1.43 bits per heavy atom. The molecule has 0 bridgehead atoms. The van der Waals surface area contributed by atoms with Gasteiger partial charge >= 0.3 is 0 Å². The first-order valence-corrected chi connectivity index (χ1v) is 5.05. The average molecular weight is 209 g/mol. The fourth-order valence-corrected chi connectivity index (χ4v) is 1.64. The van der Waals surface area contributed by atoms with Crippen LogP contribution >= 0.6 is 11.6 Å². The maximum Gasteiger partial charge on any atom is 0.178 e. The molecule has 2 heterocycles. The second-order valence-electron chi connectivity index (χ2n) is 3.67. The van der Waals surface area contributed by atoms with Crippen molar-refractivity contribution in [3.8, 4) is 0 Å². The smallest absolute Gasteiger partial charge is 0.178 e. The number of hydrogen-bond acceptors (Lipinski definition) is 3. The molecule has 0 aliphatic heterocycles. The van der Waals surface area contributed by atoms with Crippen LogP contribution in [0, 0.1) is 5.92 Å². The predicted octanol–water partition coefficient (Wildman–Crippen LogP) is 1.89. The van der Waals surface area contributed by atoms with Crippen molar-refractivity contribution in [2.75, 3.05) is 0 Å². The van der Waals surface area contributed by atoms with E-state index in [1.807, 2.05) is 4.68 Å². The van der Waals surface area contributed by atoms with Gasteiger partial charge in [-0.25, -0.2) is 14.6 Å². The predicted molar refractivity (Wildman–Crippen MR) is 53.1 cm³/mol. The van der Waals surface area contributed by atoms with Gasteiger partial charge in [-0.2, -0.15) is 5.10 Å². The molecule has 1 aliphatic rings. The van der Waals surface area contributed by atoms with E-state index in [1.165, 1.54) is 12.8 Å². The molecule has 3 rings (SSSR count). The number of hydrogen-bond donors (Lipinski definition) is 0. The van der Waals surface area contributed by atoms with Gasteiger partial charge in [-0.05, 0) is 18.8 Å². The Balaban J connectivity index is 2.08. The Morgan fingerprint density at radius 2 is 2.29 bits per heavy atom. The average Bonchev–Trinajstić information content (AvgIpc) is 2.90. The monoisotopic (exact) mass is 208 g/mol. The molecule has 0 unspecified atom stereocenters. The van der Waals surface area contributed by atoms with Crippen LogP contribution in [0.5, 0.6) is 0 Å². The van der Waals surface area contributed by atoms with Gasteiger partial charge in [-0.15, -0.1) is 0 Å². The summed E-state index contributed by atoms with van der Waals surface area (Å²) in [5, 5.41) is 4.68. The van der Waals surface area contributed by atoms with Crippen LogP contribution in [-0.2, 0) is 6.54 Å². The van der Waals surface area contributed by atoms with Gasteiger partial charge < -0.3 is 0 Å². The largest absolute Gasteiger partial charge is 0.248 e. The summed E-state index contributed by atoms with van der Waals surface area (Å²) in [6.45, 7) is 0.943. The van der Waals surface area contributed by atoms with Crippen LogP contribution in [0.4, 0.5) is 0 Å². The van der Waals surface area contributed by atoms with Crippen molar-refractivity contribution in [3.05, 3.63) is 17.5 Å². The Hall–Kier alpha value is -1.16. The molecule has 0 spiro atoms. The number of fused-ring (bicyclic) bond motifs is 1. The summed E-state index contributed by atoms with van der Waals surface area (Å²) in [5.41, 5.74) is 1.61. The zero-order chi connectivity index (χ0) is 9.54. The molecule has 1 aliphatic carbocycles. The highest BCUT2D eigenvalue weighted by Crippen LogP contribution is 2.31. The molecule has 2 aromatic heterocycles. The third-order valence-electron chi connectivity index (χ3n) is 2.44. The minimum atomic E-state index is 0.426. The van der Waals surface area contributed by atoms with E-state index in [9.17, 15) is 0 Å². The SMILES string of the molecule is Clc1cnc2cnn(CC3CC3)c2n1. The topological polar surface area (TPSA) is 43.6 Å². The summed E-state index contributed by atoms with van der Waals surface area (Å²) in [4.78, 5) is 8.37. The highest BCUT2D eigenvalue weighted by molar-refractivity contribution is 6.29. The first-order valence-electron chi connectivity index (χ1n) is 4.67. The van der Waals surface area contributed by atoms with Crippen molar-refractivity contribution < 1.29 is 0 Å². The summed E-state index contributed by atoms with van der Waals surface area (Å²) >= 11 is 5.79. The van der Waals surface area contributed by atoms with E-state index in [2.05, 4.69) is 15.1 Å². The highest BCUT2D eigenvalue weighted by atomic mass is 35.5. The molecule has 2 aromatic rings. The Morgan fingerprint density at radius 3 is 3.07 bits per heavy atom. The molecule has 1 saturated carbocycles. The molecule has 0 saturated heterocycles. The van der Waals surface area contributed by atoms with Crippen LogP contribution in [0.1, 0.15) is 12.8 Å². The summed E-state index contributed by atoms with van der Waals surface area (Å²) in [7, 11) is 0. The zero-order valence-corrected chi connectivity index (χ0v) is 8.28. The molecule has 0 amide bonds. The van der Waals surface area contributed by atoms with Crippen LogP contribution in [0.25, 0.3) is 11.2 Å². The first-order chi connectivity index (χ1) is 6.83. The Bertz CT molecular complexity index is 475. The minimum absolute atomic E-state index is 0.426. The number of nitrogens with zero attached hydrogens (tertiary/aromatic N) is 4. The fraction of sp³-hybridized carbons (Fsp3) is 0.444. The lowest BCUT2D eigenvalue weighted by molar-refractivity contribution is 0.576. The normalized spacial score (nSPS) is 16.4. The molecule has 14 heavy (non-hydrogen) atoms. The van der Waals surface area contributed by atoms with E-state index in [1.54, 1.807) is 12.4 Å². The van der Waals surface area contributed by atoms with E-state index in [-0.39, 0.29) is 0 Å². The Kier molecular flexibility index (Phi) is 1.70. The maximum atomic E-state index is 5.79. The lowest BCUT2D eigenvalue weighted by Crippen LogP contribution is -2.02. The van der Waals surface area contributed by atoms with Crippen LogP contribution in [0.3, 0.4) is 0 Å². The Labute approximate surface area is 85.9 Å². The summed E-state index contributed by atoms with van der Waals surface area (Å²) in [6.07, 6.45) is 5.89. The molecule has 4 nitrogen and oxygen atoms in total. The van der Waals surface area contributed by atoms with Gasteiger partial charge in [0.25, 0.3) is 0 Å². The van der Waals surface area contributed by atoms with Gasteiger partial charge in [0, 0.05) is 6.54 Å². The third kappa shape index (κ3) is 1.35. The van der Waals surface area contributed by atoms with Crippen LogP contribution in [0.15, 0.2) is 12.4 Å². The maximum absolute atomic E-state index is 5.79. The van der Waals surface area contributed by atoms with Gasteiger partial charge in [0.2, 0.25) is 0 Å². The van der Waals surface area contributed by atoms with Gasteiger partial charge in [0.05, 0.1) is 12.4 Å². The second-order valence-corrected chi connectivity index (χ2v) is 4.06. The molecule has 1 fully saturated rings. The first kappa shape index (κ1) is 8.17. The van der Waals surface area contributed by atoms with E-state index >= 15 is 0 Å². The number of halogens is 1. The molecule has 0 N–H and O–H groups in total. The van der Waals surface area contributed by atoms with Crippen molar-refractivity contribution in [2.45, 2.75) is 19.4 Å². The minimum Gasteiger partial charge on any atom is -0.248 e. The molecule has 0 atom stereocenters. The lowest BCUT2D eigenvalue weighted by atomic mass is 10.4. The van der Waals surface area contributed by atoms with Crippen molar-refractivity contribution in [1.82, 2.24) is 19.7 Å². The van der Waals surface area contributed by atoms with Gasteiger partial charge in [0.15, 0.2) is 5.65 Å². The third-order valence-corrected chi connectivity index (χ3v) is 2.63. The molecular formula is C9H9ClN4. The van der Waals surface area contributed by atoms with E-state index in [4.69, 9.17) is 11.6 Å². The van der Waals surface area contributed by atoms with E-state index in [0.29, 0.717) is 5.15 Å². The number of aromatic nitrogens is 4. The van der Waals surface area contributed by atoms with Crippen LogP contribution in [-0.4, -0.2) is 19.7 Å². The van der Waals surface area contributed by atoms with Crippen molar-refractivity contribution in [2.24, 2.45) is 5.92 Å². The number of rotatable bonds is 2. The fourth-order valence-electron chi connectivity index (χ4n) is 1.51. The lowest BCUT2D eigenvalue weighted by Gasteiger charge is -1.99. The van der Waals surface area contributed by atoms with E-state index in [0.717, 1.165) is 23.6 Å². The van der Waals surface area contributed by atoms with Crippen molar-refractivity contribution in [3.63, 3.8) is 0 Å². The van der Waals surface area contributed by atoms with Gasteiger partial charge in [0.1, 0.15) is 10.7 Å². The zero-order valence-electron chi connectivity index (χ0n) is 7.52. The molecule has 0 aromatic carbocycles. The summed E-state index contributed by atoms with van der Waals surface area (Å²) in [6, 6.07) is 0. The van der Waals surface area contributed by atoms with Crippen molar-refractivity contribution in [1.29, 1.82) is 0 Å². The molecule has 72 valence electrons. The quantitative estimate of drug-likeness (QED) is 0.757. The molecule has 0 radical (unpaired) electrons. The van der Waals surface area contributed by atoms with Gasteiger partial charge in [-0.3, -0.25) is 0 Å². The second kappa shape index (κ2) is 2.92. The van der Waals surface area contributed by atoms with Crippen LogP contribution in [0.2, 0.25) is 5.15 Å². The van der Waals surface area contributed by atoms with Crippen molar-refractivity contribution >= 4 is 22.8 Å².